The highest BCUT2D eigenvalue weighted by Crippen LogP contribution is 2.36. The molecule has 0 fully saturated rings. The van der Waals surface area contributed by atoms with Gasteiger partial charge in [0.05, 0.1) is 17.3 Å². The molecule has 5 aromatic rings. The minimum atomic E-state index is -0.346. The van der Waals surface area contributed by atoms with Crippen LogP contribution in [-0.2, 0) is 18.9 Å². The van der Waals surface area contributed by atoms with Gasteiger partial charge in [-0.15, -0.1) is 0 Å². The zero-order valence-electron chi connectivity index (χ0n) is 23.1. The summed E-state index contributed by atoms with van der Waals surface area (Å²) in [5.74, 6) is 0.932. The van der Waals surface area contributed by atoms with E-state index in [0.29, 0.717) is 5.82 Å². The van der Waals surface area contributed by atoms with Gasteiger partial charge in [-0.05, 0) is 55.9 Å². The molecule has 1 aliphatic rings. The molecule has 1 aromatic carbocycles. The number of carbonyl (C=O) groups excluding carboxylic acids is 1. The smallest absolute Gasteiger partial charge is 0.315 e. The Morgan fingerprint density at radius 1 is 1.18 bits per heavy atom. The van der Waals surface area contributed by atoms with Gasteiger partial charge < -0.3 is 14.8 Å². The third-order valence-corrected chi connectivity index (χ3v) is 7.50. The van der Waals surface area contributed by atoms with Gasteiger partial charge in [0.1, 0.15) is 11.3 Å². The van der Waals surface area contributed by atoms with E-state index in [-0.39, 0.29) is 23.3 Å². The Hall–Kier alpha value is -4.34. The summed E-state index contributed by atoms with van der Waals surface area (Å²) in [5, 5.41) is 11.6. The van der Waals surface area contributed by atoms with Crippen LogP contribution in [0.15, 0.2) is 35.0 Å². The van der Waals surface area contributed by atoms with Crippen molar-refractivity contribution < 1.29 is 9.32 Å². The van der Waals surface area contributed by atoms with Crippen molar-refractivity contribution in [2.75, 3.05) is 0 Å². The summed E-state index contributed by atoms with van der Waals surface area (Å²) in [7, 11) is 1.94. The van der Waals surface area contributed by atoms with Crippen molar-refractivity contribution in [2.45, 2.75) is 65.3 Å². The van der Waals surface area contributed by atoms with Crippen molar-refractivity contribution in [3.05, 3.63) is 64.7 Å². The molecule has 0 bridgehead atoms. The average Bonchev–Trinajstić information content (AvgIpc) is 3.61. The fourth-order valence-electron chi connectivity index (χ4n) is 5.35. The van der Waals surface area contributed by atoms with Crippen LogP contribution in [0.5, 0.6) is 0 Å². The first kappa shape index (κ1) is 25.0. The lowest BCUT2D eigenvalue weighted by atomic mass is 9.85. The molecule has 0 aliphatic heterocycles. The maximum absolute atomic E-state index is 12.9. The van der Waals surface area contributed by atoms with E-state index in [0.717, 1.165) is 69.9 Å². The molecule has 39 heavy (non-hydrogen) atoms. The predicted molar refractivity (Wildman–Crippen MR) is 147 cm³/mol. The standard InChI is InChI=1S/C29H32N8O2/c1-15-22(16(2)37(6)35-15)24-32-23-20(12-13-30-25(23)33-24)18-10-11-19-17(14-18)8-7-9-21(19)31-26(38)27-34-28(36-39-27)29(3,4)5/h10-14,21H,7-9H2,1-6H3,(H,31,38)(H,30,32,33). The summed E-state index contributed by atoms with van der Waals surface area (Å²) in [6.07, 6.45) is 4.57. The van der Waals surface area contributed by atoms with Crippen molar-refractivity contribution >= 4 is 17.1 Å². The number of amides is 1. The molecule has 4 aromatic heterocycles. The van der Waals surface area contributed by atoms with Crippen molar-refractivity contribution in [3.8, 4) is 22.5 Å². The number of pyridine rings is 1. The summed E-state index contributed by atoms with van der Waals surface area (Å²) < 4.78 is 7.12. The maximum Gasteiger partial charge on any atom is 0.315 e. The van der Waals surface area contributed by atoms with Crippen LogP contribution < -0.4 is 5.32 Å². The number of aromatic amines is 1. The van der Waals surface area contributed by atoms with Crippen LogP contribution in [0, 0.1) is 13.8 Å². The number of hydrogen-bond acceptors (Lipinski definition) is 7. The van der Waals surface area contributed by atoms with Crippen LogP contribution in [0.4, 0.5) is 0 Å². The molecule has 0 spiro atoms. The van der Waals surface area contributed by atoms with E-state index in [9.17, 15) is 4.79 Å². The highest BCUT2D eigenvalue weighted by atomic mass is 16.5. The number of hydrogen-bond donors (Lipinski definition) is 2. The molecule has 1 atom stereocenters. The summed E-state index contributed by atoms with van der Waals surface area (Å²) in [5.41, 5.74) is 8.64. The van der Waals surface area contributed by atoms with Gasteiger partial charge in [0, 0.05) is 29.9 Å². The number of fused-ring (bicyclic) bond motifs is 2. The minimum absolute atomic E-state index is 0.00345. The number of H-pyrrole nitrogens is 1. The number of nitrogens with one attached hydrogen (secondary N) is 2. The Kier molecular flexibility index (Phi) is 5.85. The fourth-order valence-corrected chi connectivity index (χ4v) is 5.35. The number of carbonyl (C=O) groups is 1. The number of benzene rings is 1. The van der Waals surface area contributed by atoms with Crippen LogP contribution in [0.25, 0.3) is 33.7 Å². The Morgan fingerprint density at radius 3 is 2.72 bits per heavy atom. The van der Waals surface area contributed by atoms with E-state index in [1.807, 2.05) is 52.4 Å². The molecular weight excluding hydrogens is 492 g/mol. The average molecular weight is 525 g/mol. The zero-order valence-corrected chi connectivity index (χ0v) is 23.1. The first-order valence-corrected chi connectivity index (χ1v) is 13.2. The summed E-state index contributed by atoms with van der Waals surface area (Å²) in [4.78, 5) is 30.1. The molecule has 1 amide bonds. The number of rotatable bonds is 4. The van der Waals surface area contributed by atoms with Crippen LogP contribution in [-0.4, -0.2) is 40.8 Å². The topological polar surface area (TPSA) is 127 Å². The number of nitrogens with zero attached hydrogens (tertiary/aromatic N) is 6. The third kappa shape index (κ3) is 4.39. The Bertz CT molecular complexity index is 1720. The van der Waals surface area contributed by atoms with Crippen molar-refractivity contribution in [1.82, 2.24) is 40.2 Å². The van der Waals surface area contributed by atoms with E-state index in [2.05, 4.69) is 48.7 Å². The molecule has 200 valence electrons. The molecule has 1 aliphatic carbocycles. The van der Waals surface area contributed by atoms with Crippen LogP contribution in [0.2, 0.25) is 0 Å². The van der Waals surface area contributed by atoms with Crippen LogP contribution in [0.3, 0.4) is 0 Å². The lowest BCUT2D eigenvalue weighted by Gasteiger charge is -2.26. The first-order chi connectivity index (χ1) is 18.6. The van der Waals surface area contributed by atoms with E-state index >= 15 is 0 Å². The van der Waals surface area contributed by atoms with Crippen LogP contribution >= 0.6 is 0 Å². The molecule has 10 heteroatoms. The van der Waals surface area contributed by atoms with Gasteiger partial charge in [0.25, 0.3) is 0 Å². The molecule has 10 nitrogen and oxygen atoms in total. The van der Waals surface area contributed by atoms with E-state index in [1.165, 1.54) is 5.56 Å². The highest BCUT2D eigenvalue weighted by molar-refractivity contribution is 5.92. The number of imidazole rings is 1. The van der Waals surface area contributed by atoms with Crippen molar-refractivity contribution in [3.63, 3.8) is 0 Å². The van der Waals surface area contributed by atoms with Gasteiger partial charge in [-0.1, -0.05) is 44.1 Å². The molecule has 1 unspecified atom stereocenters. The predicted octanol–water partition coefficient (Wildman–Crippen LogP) is 5.13. The summed E-state index contributed by atoms with van der Waals surface area (Å²) >= 11 is 0. The summed E-state index contributed by atoms with van der Waals surface area (Å²) in [6, 6.07) is 8.30. The van der Waals surface area contributed by atoms with Gasteiger partial charge in [0.15, 0.2) is 11.5 Å². The Labute approximate surface area is 226 Å². The van der Waals surface area contributed by atoms with Gasteiger partial charge >= 0.3 is 11.8 Å². The van der Waals surface area contributed by atoms with Gasteiger partial charge in [0.2, 0.25) is 0 Å². The van der Waals surface area contributed by atoms with Gasteiger partial charge in [-0.3, -0.25) is 9.48 Å². The molecule has 0 radical (unpaired) electrons. The zero-order chi connectivity index (χ0) is 27.5. The fraction of sp³-hybridized carbons (Fsp3) is 0.379. The minimum Gasteiger partial charge on any atom is -0.341 e. The lowest BCUT2D eigenvalue weighted by Crippen LogP contribution is -2.31. The largest absolute Gasteiger partial charge is 0.341 e. The van der Waals surface area contributed by atoms with Crippen molar-refractivity contribution in [2.24, 2.45) is 7.05 Å². The third-order valence-electron chi connectivity index (χ3n) is 7.50. The van der Waals surface area contributed by atoms with Crippen LogP contribution in [0.1, 0.15) is 78.7 Å². The van der Waals surface area contributed by atoms with Gasteiger partial charge in [-0.25, -0.2) is 9.97 Å². The molecule has 0 saturated carbocycles. The molecule has 0 saturated heterocycles. The SMILES string of the molecule is Cc1nn(C)c(C)c1-c1nc2c(-c3ccc4c(c3)CCCC4NC(=O)c3nc(C(C)(C)C)no3)ccnc2[nH]1. The van der Waals surface area contributed by atoms with E-state index < -0.39 is 0 Å². The Morgan fingerprint density at radius 2 is 2.00 bits per heavy atom. The number of aryl methyl sites for hydroxylation is 3. The lowest BCUT2D eigenvalue weighted by molar-refractivity contribution is 0.0888. The Balaban J connectivity index is 1.31. The van der Waals surface area contributed by atoms with Crippen molar-refractivity contribution in [1.29, 1.82) is 0 Å². The first-order valence-electron chi connectivity index (χ1n) is 13.2. The second kappa shape index (κ2) is 9.14. The molecule has 6 rings (SSSR count). The highest BCUT2D eigenvalue weighted by Gasteiger charge is 2.28. The monoisotopic (exact) mass is 524 g/mol. The van der Waals surface area contributed by atoms with E-state index in [1.54, 1.807) is 6.20 Å². The molecular formula is C29H32N8O2. The van der Waals surface area contributed by atoms with E-state index in [4.69, 9.17) is 9.51 Å². The number of aromatic nitrogens is 7. The maximum atomic E-state index is 12.9. The molecule has 4 heterocycles. The normalized spacial score (nSPS) is 15.5. The second-order valence-corrected chi connectivity index (χ2v) is 11.3. The molecule has 2 N–H and O–H groups in total. The second-order valence-electron chi connectivity index (χ2n) is 11.3. The summed E-state index contributed by atoms with van der Waals surface area (Å²) in [6.45, 7) is 9.98. The quantitative estimate of drug-likeness (QED) is 0.334. The van der Waals surface area contributed by atoms with Gasteiger partial charge in [-0.2, -0.15) is 10.1 Å².